The number of nitrogens with zero attached hydrogens (tertiary/aromatic N) is 1. The van der Waals surface area contributed by atoms with Gasteiger partial charge < -0.3 is 50.1 Å². The molecule has 4 heterocycles. The molecule has 0 bridgehead atoms. The highest BCUT2D eigenvalue weighted by molar-refractivity contribution is 6.22. The molecule has 1 saturated heterocycles. The fourth-order valence-corrected chi connectivity index (χ4v) is 7.16. The number of rotatable bonds is 6. The number of fused-ring (bicyclic) bond motifs is 5. The van der Waals surface area contributed by atoms with Gasteiger partial charge in [-0.25, -0.2) is 0 Å². The molecule has 13 heteroatoms. The molecule has 6 atom stereocenters. The molecule has 2 amide bonds. The number of aliphatic hydroxyl groups excluding tert-OH is 4. The molecule has 6 aromatic rings. The van der Waals surface area contributed by atoms with Crippen LogP contribution in [0.3, 0.4) is 0 Å². The molecule has 1 fully saturated rings. The van der Waals surface area contributed by atoms with Gasteiger partial charge in [0.15, 0.2) is 0 Å². The Bertz CT molecular complexity index is 2230. The molecule has 0 saturated carbocycles. The average Bonchev–Trinajstić information content (AvgIpc) is 3.76. The van der Waals surface area contributed by atoms with Gasteiger partial charge in [0, 0.05) is 45.5 Å². The van der Waals surface area contributed by atoms with E-state index in [2.05, 4.69) is 15.3 Å². The monoisotopic (exact) mass is 696 g/mol. The summed E-state index contributed by atoms with van der Waals surface area (Å²) in [6.07, 6.45) is -6.85. The third-order valence-corrected chi connectivity index (χ3v) is 9.70. The molecule has 0 radical (unpaired) electrons. The second kappa shape index (κ2) is 12.7. The largest absolute Gasteiger partial charge is 0.461 e. The Morgan fingerprint density at radius 3 is 2.38 bits per heavy atom. The van der Waals surface area contributed by atoms with Crippen LogP contribution in [-0.2, 0) is 11.2 Å². The van der Waals surface area contributed by atoms with Crippen LogP contribution >= 0.6 is 11.6 Å². The highest BCUT2D eigenvalue weighted by Gasteiger charge is 2.45. The van der Waals surface area contributed by atoms with Gasteiger partial charge in [-0.1, -0.05) is 42.5 Å². The standard InChI is InChI=1S/C37H33ClN4O8/c38-20-14-24-22-6-2-3-7-23(22)30(49-37-34(46)33(45)32(44)31(17-43)50-37)15-29(24)42(16-20)36(48)28-13-19-11-21(9-10-26(19)41-28)39-35(47)27-12-18-5-1-4-8-25(18)40-27/h1-13,15,20,31-34,37,40-41,43-46H,14,16-17H2,(H,39,47)/t20?,31-,32-,33+,34+,37-/m1/s1. The van der Waals surface area contributed by atoms with Gasteiger partial charge in [-0.3, -0.25) is 9.59 Å². The number of carbonyl (C=O) groups excluding carboxylic acids is 2. The van der Waals surface area contributed by atoms with Crippen molar-refractivity contribution in [3.8, 4) is 5.75 Å². The Balaban J connectivity index is 1.10. The lowest BCUT2D eigenvalue weighted by Gasteiger charge is -2.40. The summed E-state index contributed by atoms with van der Waals surface area (Å²) in [7, 11) is 0. The molecule has 2 aliphatic rings. The number of halogens is 1. The second-order valence-corrected chi connectivity index (χ2v) is 13.3. The number of aromatic nitrogens is 2. The molecular weight excluding hydrogens is 664 g/mol. The maximum Gasteiger partial charge on any atom is 0.274 e. The molecule has 2 aromatic heterocycles. The number of aliphatic hydroxyl groups is 4. The second-order valence-electron chi connectivity index (χ2n) is 12.7. The van der Waals surface area contributed by atoms with E-state index >= 15 is 0 Å². The number of aromatic amines is 2. The van der Waals surface area contributed by atoms with Gasteiger partial charge in [0.1, 0.15) is 41.6 Å². The Hall–Kier alpha value is -4.95. The van der Waals surface area contributed by atoms with Crippen LogP contribution in [0.2, 0.25) is 0 Å². The Kier molecular flexibility index (Phi) is 8.22. The summed E-state index contributed by atoms with van der Waals surface area (Å²) in [5, 5.41) is 46.6. The maximum absolute atomic E-state index is 14.2. The third-order valence-electron chi connectivity index (χ3n) is 9.41. The van der Waals surface area contributed by atoms with Crippen LogP contribution in [0.25, 0.3) is 32.6 Å². The van der Waals surface area contributed by atoms with Crippen LogP contribution in [0.4, 0.5) is 11.4 Å². The number of carbonyl (C=O) groups is 2. The zero-order valence-electron chi connectivity index (χ0n) is 26.4. The van der Waals surface area contributed by atoms with Crippen molar-refractivity contribution < 1.29 is 39.5 Å². The first-order valence-corrected chi connectivity index (χ1v) is 16.6. The minimum absolute atomic E-state index is 0.201. The van der Waals surface area contributed by atoms with Crippen molar-refractivity contribution in [1.82, 2.24) is 9.97 Å². The minimum Gasteiger partial charge on any atom is -0.461 e. The first kappa shape index (κ1) is 32.3. The number of benzene rings is 4. The topological polar surface area (TPSA) is 180 Å². The predicted octanol–water partition coefficient (Wildman–Crippen LogP) is 4.04. The number of nitrogens with one attached hydrogen (secondary N) is 3. The molecule has 256 valence electrons. The summed E-state index contributed by atoms with van der Waals surface area (Å²) in [4.78, 5) is 35.2. The van der Waals surface area contributed by atoms with E-state index in [0.717, 1.165) is 21.9 Å². The first-order valence-electron chi connectivity index (χ1n) is 16.2. The van der Waals surface area contributed by atoms with Crippen LogP contribution in [-0.4, -0.2) is 91.4 Å². The van der Waals surface area contributed by atoms with E-state index in [1.165, 1.54) is 0 Å². The summed E-state index contributed by atoms with van der Waals surface area (Å²) in [5.41, 5.74) is 4.24. The van der Waals surface area contributed by atoms with E-state index in [4.69, 9.17) is 21.1 Å². The first-order chi connectivity index (χ1) is 24.2. The zero-order chi connectivity index (χ0) is 34.7. The summed E-state index contributed by atoms with van der Waals surface area (Å²) in [6.45, 7) is -0.399. The molecule has 0 spiro atoms. The van der Waals surface area contributed by atoms with Gasteiger partial charge >= 0.3 is 0 Å². The van der Waals surface area contributed by atoms with Crippen molar-refractivity contribution in [2.45, 2.75) is 42.5 Å². The summed E-state index contributed by atoms with van der Waals surface area (Å²) in [6, 6.07) is 25.6. The molecule has 7 N–H and O–H groups in total. The fourth-order valence-electron chi connectivity index (χ4n) is 6.87. The van der Waals surface area contributed by atoms with Crippen molar-refractivity contribution in [3.05, 3.63) is 102 Å². The lowest BCUT2D eigenvalue weighted by atomic mass is 9.93. The summed E-state index contributed by atoms with van der Waals surface area (Å²) >= 11 is 6.77. The maximum atomic E-state index is 14.2. The van der Waals surface area contributed by atoms with Crippen molar-refractivity contribution in [3.63, 3.8) is 0 Å². The SMILES string of the molecule is O=C(Nc1ccc2[nH]c(C(=O)N3CC(Cl)Cc4c3cc(O[C@@H]3O[C@H](CO)[C@@H](O)[C@H](O)[C@@H]3O)c3ccccc43)cc2c1)c1cc2ccccc2[nH]1. The fraction of sp³-hybridized carbons (Fsp3) is 0.243. The van der Waals surface area contributed by atoms with Gasteiger partial charge in [0.2, 0.25) is 6.29 Å². The van der Waals surface area contributed by atoms with Crippen molar-refractivity contribution in [2.24, 2.45) is 0 Å². The Morgan fingerprint density at radius 1 is 0.860 bits per heavy atom. The van der Waals surface area contributed by atoms with E-state index in [1.54, 1.807) is 41.3 Å². The number of hydrogen-bond donors (Lipinski definition) is 7. The Labute approximate surface area is 289 Å². The average molecular weight is 697 g/mol. The molecular formula is C37H33ClN4O8. The predicted molar refractivity (Wildman–Crippen MR) is 188 cm³/mol. The summed E-state index contributed by atoms with van der Waals surface area (Å²) in [5.74, 6) is -0.369. The van der Waals surface area contributed by atoms with E-state index in [0.29, 0.717) is 45.5 Å². The molecule has 4 aromatic carbocycles. The molecule has 12 nitrogen and oxygen atoms in total. The van der Waals surface area contributed by atoms with Gasteiger partial charge in [0.25, 0.3) is 11.8 Å². The van der Waals surface area contributed by atoms with Gasteiger partial charge in [-0.15, -0.1) is 11.6 Å². The molecule has 50 heavy (non-hydrogen) atoms. The molecule has 8 rings (SSSR count). The molecule has 2 aliphatic heterocycles. The highest BCUT2D eigenvalue weighted by Crippen LogP contribution is 2.42. The van der Waals surface area contributed by atoms with Crippen LogP contribution in [0.15, 0.2) is 84.9 Å². The van der Waals surface area contributed by atoms with Crippen LogP contribution in [0, 0.1) is 0 Å². The third kappa shape index (κ3) is 5.65. The number of para-hydroxylation sites is 1. The number of hydrogen-bond acceptors (Lipinski definition) is 8. The number of ether oxygens (including phenoxy) is 2. The number of anilines is 2. The quantitative estimate of drug-likeness (QED) is 0.127. The van der Waals surface area contributed by atoms with Crippen LogP contribution in [0.5, 0.6) is 5.75 Å². The van der Waals surface area contributed by atoms with Crippen molar-refractivity contribution >= 4 is 67.4 Å². The number of H-pyrrole nitrogens is 2. The number of amides is 2. The summed E-state index contributed by atoms with van der Waals surface area (Å²) < 4.78 is 11.8. The normalized spacial score (nSPS) is 23.7. The lowest BCUT2D eigenvalue weighted by Crippen LogP contribution is -2.60. The smallest absolute Gasteiger partial charge is 0.274 e. The molecule has 1 unspecified atom stereocenters. The van der Waals surface area contributed by atoms with E-state index in [1.807, 2.05) is 48.5 Å². The van der Waals surface area contributed by atoms with Gasteiger partial charge in [0.05, 0.1) is 17.7 Å². The minimum atomic E-state index is -1.62. The highest BCUT2D eigenvalue weighted by atomic mass is 35.5. The van der Waals surface area contributed by atoms with E-state index < -0.39 is 37.3 Å². The lowest BCUT2D eigenvalue weighted by molar-refractivity contribution is -0.277. The van der Waals surface area contributed by atoms with E-state index in [-0.39, 0.29) is 29.5 Å². The van der Waals surface area contributed by atoms with Gasteiger partial charge in [-0.2, -0.15) is 0 Å². The van der Waals surface area contributed by atoms with Gasteiger partial charge in [-0.05, 0) is 53.8 Å². The Morgan fingerprint density at radius 2 is 1.58 bits per heavy atom. The number of alkyl halides is 1. The van der Waals surface area contributed by atoms with E-state index in [9.17, 15) is 30.0 Å². The van der Waals surface area contributed by atoms with Crippen LogP contribution in [0.1, 0.15) is 26.5 Å². The van der Waals surface area contributed by atoms with Crippen molar-refractivity contribution in [2.75, 3.05) is 23.4 Å². The van der Waals surface area contributed by atoms with Crippen molar-refractivity contribution in [1.29, 1.82) is 0 Å². The van der Waals surface area contributed by atoms with Crippen LogP contribution < -0.4 is 15.0 Å². The molecule has 0 aliphatic carbocycles. The zero-order valence-corrected chi connectivity index (χ0v) is 27.2.